The quantitative estimate of drug-likeness (QED) is 0.870. The summed E-state index contributed by atoms with van der Waals surface area (Å²) in [6.07, 6.45) is 2.10. The molecule has 1 N–H and O–H groups in total. The first kappa shape index (κ1) is 12.9. The molecule has 1 aliphatic rings. The molecular formula is C15H20O3. The minimum Gasteiger partial charge on any atom is -0.493 e. The Hall–Kier alpha value is -1.51. The molecule has 2 rings (SSSR count). The van der Waals surface area contributed by atoms with Gasteiger partial charge in [0, 0.05) is 11.0 Å². The fourth-order valence-corrected chi connectivity index (χ4v) is 2.52. The van der Waals surface area contributed by atoms with Crippen LogP contribution in [0.15, 0.2) is 12.1 Å². The smallest absolute Gasteiger partial charge is 0.304 e. The van der Waals surface area contributed by atoms with E-state index in [4.69, 9.17) is 9.84 Å². The Balaban J connectivity index is 2.44. The molecule has 0 amide bonds. The topological polar surface area (TPSA) is 46.5 Å². The number of aryl methyl sites for hydroxylation is 1. The average Bonchev–Trinajstić information content (AvgIpc) is 3.05. The third kappa shape index (κ3) is 2.22. The van der Waals surface area contributed by atoms with Crippen molar-refractivity contribution in [3.63, 3.8) is 0 Å². The van der Waals surface area contributed by atoms with Gasteiger partial charge in [0.1, 0.15) is 5.75 Å². The second kappa shape index (κ2) is 4.63. The third-order valence-corrected chi connectivity index (χ3v) is 3.88. The fraction of sp³-hybridized carbons (Fsp3) is 0.533. The molecule has 0 radical (unpaired) electrons. The van der Waals surface area contributed by atoms with Crippen LogP contribution < -0.4 is 4.74 Å². The molecule has 1 aromatic rings. The van der Waals surface area contributed by atoms with Crippen LogP contribution in [0.2, 0.25) is 0 Å². The predicted octanol–water partition coefficient (Wildman–Crippen LogP) is 3.21. The molecule has 0 unspecified atom stereocenters. The van der Waals surface area contributed by atoms with Gasteiger partial charge in [-0.15, -0.1) is 0 Å². The number of carbonyl (C=O) groups is 1. The molecule has 0 spiro atoms. The Bertz CT molecular complexity index is 473. The van der Waals surface area contributed by atoms with Gasteiger partial charge in [0.15, 0.2) is 0 Å². The number of carboxylic acids is 1. The summed E-state index contributed by atoms with van der Waals surface area (Å²) in [6.45, 7) is 6.67. The number of hydrogen-bond donors (Lipinski definition) is 1. The van der Waals surface area contributed by atoms with E-state index in [1.165, 1.54) is 5.56 Å². The number of rotatable bonds is 5. The van der Waals surface area contributed by atoms with Gasteiger partial charge in [0.05, 0.1) is 13.0 Å². The molecule has 0 saturated heterocycles. The lowest BCUT2D eigenvalue weighted by Crippen LogP contribution is -2.15. The molecule has 0 aliphatic heterocycles. The van der Waals surface area contributed by atoms with Crippen molar-refractivity contribution >= 4 is 5.97 Å². The lowest BCUT2D eigenvalue weighted by molar-refractivity contribution is -0.137. The molecule has 3 heteroatoms. The second-order valence-corrected chi connectivity index (χ2v) is 5.17. The highest BCUT2D eigenvalue weighted by molar-refractivity contribution is 5.71. The van der Waals surface area contributed by atoms with E-state index in [9.17, 15) is 4.79 Å². The predicted molar refractivity (Wildman–Crippen MR) is 70.2 cm³/mol. The number of hydrogen-bond acceptors (Lipinski definition) is 2. The minimum atomic E-state index is -0.729. The first-order valence-electron chi connectivity index (χ1n) is 6.45. The van der Waals surface area contributed by atoms with Crippen molar-refractivity contribution in [1.29, 1.82) is 0 Å². The fourth-order valence-electron chi connectivity index (χ4n) is 2.52. The van der Waals surface area contributed by atoms with Crippen LogP contribution in [0.3, 0.4) is 0 Å². The van der Waals surface area contributed by atoms with E-state index in [1.807, 2.05) is 19.9 Å². The Morgan fingerprint density at radius 3 is 2.56 bits per heavy atom. The Kier molecular flexibility index (Phi) is 3.33. The third-order valence-electron chi connectivity index (χ3n) is 3.88. The molecule has 3 nitrogen and oxygen atoms in total. The summed E-state index contributed by atoms with van der Waals surface area (Å²) in [5, 5.41) is 9.05. The SMILES string of the molecule is CCOc1c(C2(CC(=O)O)CC2)ccc(C)c1C. The molecule has 98 valence electrons. The summed E-state index contributed by atoms with van der Waals surface area (Å²) in [5.41, 5.74) is 3.21. The maximum Gasteiger partial charge on any atom is 0.304 e. The van der Waals surface area contributed by atoms with Crippen LogP contribution >= 0.6 is 0 Å². The first-order valence-corrected chi connectivity index (χ1v) is 6.45. The molecule has 18 heavy (non-hydrogen) atoms. The van der Waals surface area contributed by atoms with Crippen molar-refractivity contribution < 1.29 is 14.6 Å². The van der Waals surface area contributed by atoms with Crippen LogP contribution in [0, 0.1) is 13.8 Å². The summed E-state index contributed by atoms with van der Waals surface area (Å²) in [6, 6.07) is 4.11. The highest BCUT2D eigenvalue weighted by atomic mass is 16.5. The lowest BCUT2D eigenvalue weighted by atomic mass is 9.89. The van der Waals surface area contributed by atoms with Crippen molar-refractivity contribution in [1.82, 2.24) is 0 Å². The summed E-state index contributed by atoms with van der Waals surface area (Å²) in [7, 11) is 0. The molecule has 0 heterocycles. The molecule has 1 aliphatic carbocycles. The molecule has 1 aromatic carbocycles. The number of ether oxygens (including phenoxy) is 1. The van der Waals surface area contributed by atoms with Crippen LogP contribution in [-0.4, -0.2) is 17.7 Å². The van der Waals surface area contributed by atoms with E-state index in [1.54, 1.807) is 0 Å². The van der Waals surface area contributed by atoms with E-state index in [0.29, 0.717) is 6.61 Å². The summed E-state index contributed by atoms with van der Waals surface area (Å²) in [5.74, 6) is 0.171. The summed E-state index contributed by atoms with van der Waals surface area (Å²) < 4.78 is 5.76. The average molecular weight is 248 g/mol. The Morgan fingerprint density at radius 2 is 2.06 bits per heavy atom. The van der Waals surface area contributed by atoms with E-state index in [-0.39, 0.29) is 11.8 Å². The maximum absolute atomic E-state index is 11.0. The number of carboxylic acid groups (broad SMARTS) is 1. The van der Waals surface area contributed by atoms with E-state index in [0.717, 1.165) is 29.7 Å². The molecule has 1 saturated carbocycles. The first-order chi connectivity index (χ1) is 8.50. The second-order valence-electron chi connectivity index (χ2n) is 5.17. The summed E-state index contributed by atoms with van der Waals surface area (Å²) >= 11 is 0. The van der Waals surface area contributed by atoms with Gasteiger partial charge in [-0.1, -0.05) is 12.1 Å². The van der Waals surface area contributed by atoms with Crippen molar-refractivity contribution in [3.05, 3.63) is 28.8 Å². The Labute approximate surface area is 108 Å². The van der Waals surface area contributed by atoms with Crippen molar-refractivity contribution in [3.8, 4) is 5.75 Å². The van der Waals surface area contributed by atoms with Crippen LogP contribution in [0.1, 0.15) is 42.9 Å². The van der Waals surface area contributed by atoms with Crippen LogP contribution in [0.25, 0.3) is 0 Å². The molecule has 1 fully saturated rings. The van der Waals surface area contributed by atoms with Gasteiger partial charge in [-0.25, -0.2) is 0 Å². The van der Waals surface area contributed by atoms with Crippen LogP contribution in [0.5, 0.6) is 5.75 Å². The van der Waals surface area contributed by atoms with Crippen LogP contribution in [0.4, 0.5) is 0 Å². The Morgan fingerprint density at radius 1 is 1.39 bits per heavy atom. The van der Waals surface area contributed by atoms with Crippen LogP contribution in [-0.2, 0) is 10.2 Å². The molecular weight excluding hydrogens is 228 g/mol. The van der Waals surface area contributed by atoms with Gasteiger partial charge in [0.2, 0.25) is 0 Å². The summed E-state index contributed by atoms with van der Waals surface area (Å²) in [4.78, 5) is 11.0. The van der Waals surface area contributed by atoms with E-state index < -0.39 is 5.97 Å². The molecule has 0 atom stereocenters. The minimum absolute atomic E-state index is 0.186. The monoisotopic (exact) mass is 248 g/mol. The lowest BCUT2D eigenvalue weighted by Gasteiger charge is -2.21. The largest absolute Gasteiger partial charge is 0.493 e. The number of aliphatic carboxylic acids is 1. The van der Waals surface area contributed by atoms with Crippen molar-refractivity contribution in [2.75, 3.05) is 6.61 Å². The number of benzene rings is 1. The van der Waals surface area contributed by atoms with Crippen molar-refractivity contribution in [2.24, 2.45) is 0 Å². The van der Waals surface area contributed by atoms with Gasteiger partial charge in [0.25, 0.3) is 0 Å². The zero-order valence-corrected chi connectivity index (χ0v) is 11.2. The van der Waals surface area contributed by atoms with Gasteiger partial charge in [-0.2, -0.15) is 0 Å². The van der Waals surface area contributed by atoms with E-state index >= 15 is 0 Å². The normalized spacial score (nSPS) is 16.4. The maximum atomic E-state index is 11.0. The molecule has 0 bridgehead atoms. The zero-order valence-electron chi connectivity index (χ0n) is 11.2. The standard InChI is InChI=1S/C15H20O3/c1-4-18-14-11(3)10(2)5-6-12(14)15(7-8-15)9-13(16)17/h5-6H,4,7-9H2,1-3H3,(H,16,17). The van der Waals surface area contributed by atoms with Gasteiger partial charge in [-0.3, -0.25) is 4.79 Å². The highest BCUT2D eigenvalue weighted by Gasteiger charge is 2.48. The zero-order chi connectivity index (χ0) is 13.3. The highest BCUT2D eigenvalue weighted by Crippen LogP contribution is 2.54. The molecule has 0 aromatic heterocycles. The van der Waals surface area contributed by atoms with E-state index in [2.05, 4.69) is 13.0 Å². The van der Waals surface area contributed by atoms with Gasteiger partial charge in [-0.05, 0) is 44.7 Å². The van der Waals surface area contributed by atoms with Gasteiger partial charge < -0.3 is 9.84 Å². The van der Waals surface area contributed by atoms with Gasteiger partial charge >= 0.3 is 5.97 Å². The van der Waals surface area contributed by atoms with Crippen molar-refractivity contribution in [2.45, 2.75) is 45.4 Å².